The van der Waals surface area contributed by atoms with Crippen molar-refractivity contribution in [2.24, 2.45) is 5.73 Å². The highest BCUT2D eigenvalue weighted by molar-refractivity contribution is 5.43. The van der Waals surface area contributed by atoms with Crippen LogP contribution >= 0.6 is 0 Å². The molecule has 3 rings (SSSR count). The summed E-state index contributed by atoms with van der Waals surface area (Å²) < 4.78 is 11.5. The van der Waals surface area contributed by atoms with E-state index in [2.05, 4.69) is 29.0 Å². The zero-order valence-electron chi connectivity index (χ0n) is 12.8. The number of nitrogens with two attached hydrogens (primary N) is 1. The van der Waals surface area contributed by atoms with Gasteiger partial charge < -0.3 is 20.1 Å². The van der Waals surface area contributed by atoms with Crippen LogP contribution in [0.1, 0.15) is 12.0 Å². The number of ether oxygens (including phenoxy) is 2. The summed E-state index contributed by atoms with van der Waals surface area (Å²) >= 11 is 0. The summed E-state index contributed by atoms with van der Waals surface area (Å²) in [6, 6.07) is 6.72. The van der Waals surface area contributed by atoms with Crippen LogP contribution < -0.4 is 15.2 Å². The lowest BCUT2D eigenvalue weighted by atomic mass is 10.1. The van der Waals surface area contributed by atoms with Gasteiger partial charge in [-0.1, -0.05) is 6.07 Å². The van der Waals surface area contributed by atoms with Crippen molar-refractivity contribution in [3.63, 3.8) is 0 Å². The van der Waals surface area contributed by atoms with E-state index in [0.717, 1.165) is 57.3 Å². The molecule has 1 fully saturated rings. The molecule has 2 N–H and O–H groups in total. The third-order valence-electron chi connectivity index (χ3n) is 4.28. The Morgan fingerprint density at radius 1 is 1.19 bits per heavy atom. The van der Waals surface area contributed by atoms with Gasteiger partial charge in [0.05, 0.1) is 13.2 Å². The standard InChI is InChI=1S/C16H25N3O2/c1-18-5-6-19(14(10-17)12-18)11-13-3-4-15-16(9-13)21-8-2-7-20-15/h3-4,9,14H,2,5-8,10-12,17H2,1H3. The van der Waals surface area contributed by atoms with Crippen molar-refractivity contribution in [2.75, 3.05) is 46.4 Å². The van der Waals surface area contributed by atoms with E-state index in [9.17, 15) is 0 Å². The molecule has 0 radical (unpaired) electrons. The average Bonchev–Trinajstić information content (AvgIpc) is 2.74. The molecular weight excluding hydrogens is 266 g/mol. The maximum absolute atomic E-state index is 5.93. The first-order chi connectivity index (χ1) is 10.3. The molecule has 1 unspecified atom stereocenters. The van der Waals surface area contributed by atoms with Crippen LogP contribution in [0.15, 0.2) is 18.2 Å². The monoisotopic (exact) mass is 291 g/mol. The average molecular weight is 291 g/mol. The summed E-state index contributed by atoms with van der Waals surface area (Å²) in [5, 5.41) is 0. The Kier molecular flexibility index (Phi) is 4.63. The lowest BCUT2D eigenvalue weighted by Crippen LogP contribution is -2.54. The van der Waals surface area contributed by atoms with Crippen LogP contribution in [0.3, 0.4) is 0 Å². The topological polar surface area (TPSA) is 51.0 Å². The van der Waals surface area contributed by atoms with Gasteiger partial charge in [0, 0.05) is 45.2 Å². The van der Waals surface area contributed by atoms with E-state index in [1.807, 2.05) is 6.07 Å². The fourth-order valence-corrected chi connectivity index (χ4v) is 3.02. The SMILES string of the molecule is CN1CCN(Cc2ccc3c(c2)OCCCO3)C(CN)C1. The molecule has 0 spiro atoms. The van der Waals surface area contributed by atoms with Crippen LogP contribution in [0.4, 0.5) is 0 Å². The van der Waals surface area contributed by atoms with Crippen molar-refractivity contribution in [1.29, 1.82) is 0 Å². The van der Waals surface area contributed by atoms with Crippen LogP contribution in [-0.2, 0) is 6.54 Å². The van der Waals surface area contributed by atoms with Crippen LogP contribution in [0.25, 0.3) is 0 Å². The largest absolute Gasteiger partial charge is 0.490 e. The number of piperazine rings is 1. The maximum atomic E-state index is 5.93. The molecule has 5 nitrogen and oxygen atoms in total. The van der Waals surface area contributed by atoms with Gasteiger partial charge >= 0.3 is 0 Å². The smallest absolute Gasteiger partial charge is 0.161 e. The Hall–Kier alpha value is -1.30. The number of hydrogen-bond acceptors (Lipinski definition) is 5. The van der Waals surface area contributed by atoms with E-state index >= 15 is 0 Å². The van der Waals surface area contributed by atoms with E-state index in [4.69, 9.17) is 15.2 Å². The lowest BCUT2D eigenvalue weighted by Gasteiger charge is -2.39. The van der Waals surface area contributed by atoms with Gasteiger partial charge in [0.2, 0.25) is 0 Å². The van der Waals surface area contributed by atoms with Gasteiger partial charge in [0.25, 0.3) is 0 Å². The van der Waals surface area contributed by atoms with Crippen LogP contribution in [-0.4, -0.2) is 62.3 Å². The predicted molar refractivity (Wildman–Crippen MR) is 82.8 cm³/mol. The molecular formula is C16H25N3O2. The first kappa shape index (κ1) is 14.6. The van der Waals surface area contributed by atoms with Crippen LogP contribution in [0.2, 0.25) is 0 Å². The second kappa shape index (κ2) is 6.64. The number of rotatable bonds is 3. The number of hydrogen-bond donors (Lipinski definition) is 1. The molecule has 1 aromatic carbocycles. The molecule has 1 saturated heterocycles. The molecule has 2 aliphatic heterocycles. The van der Waals surface area contributed by atoms with Crippen molar-refractivity contribution in [2.45, 2.75) is 19.0 Å². The van der Waals surface area contributed by atoms with Crippen molar-refractivity contribution >= 4 is 0 Å². The van der Waals surface area contributed by atoms with Crippen molar-refractivity contribution in [3.8, 4) is 11.5 Å². The molecule has 0 aliphatic carbocycles. The molecule has 0 saturated carbocycles. The fraction of sp³-hybridized carbons (Fsp3) is 0.625. The van der Waals surface area contributed by atoms with E-state index in [1.165, 1.54) is 5.56 Å². The summed E-state index contributed by atoms with van der Waals surface area (Å²) in [6.07, 6.45) is 0.942. The maximum Gasteiger partial charge on any atom is 0.161 e. The summed E-state index contributed by atoms with van der Waals surface area (Å²) in [5.41, 5.74) is 7.19. The summed E-state index contributed by atoms with van der Waals surface area (Å²) in [4.78, 5) is 4.82. The van der Waals surface area contributed by atoms with Crippen LogP contribution in [0, 0.1) is 0 Å². The number of nitrogens with zero attached hydrogens (tertiary/aromatic N) is 2. The summed E-state index contributed by atoms with van der Waals surface area (Å²) in [6.45, 7) is 6.30. The molecule has 21 heavy (non-hydrogen) atoms. The van der Waals surface area contributed by atoms with Gasteiger partial charge in [0.1, 0.15) is 0 Å². The Labute approximate surface area is 126 Å². The van der Waals surface area contributed by atoms with Gasteiger partial charge in [-0.15, -0.1) is 0 Å². The zero-order chi connectivity index (χ0) is 14.7. The first-order valence-corrected chi connectivity index (χ1v) is 7.77. The number of fused-ring (bicyclic) bond motifs is 1. The van der Waals surface area contributed by atoms with E-state index < -0.39 is 0 Å². The summed E-state index contributed by atoms with van der Waals surface area (Å²) in [7, 11) is 2.16. The lowest BCUT2D eigenvalue weighted by molar-refractivity contribution is 0.0880. The molecule has 5 heteroatoms. The van der Waals surface area contributed by atoms with E-state index in [0.29, 0.717) is 12.6 Å². The predicted octanol–water partition coefficient (Wildman–Crippen LogP) is 0.923. The molecule has 2 aliphatic rings. The Morgan fingerprint density at radius 3 is 2.81 bits per heavy atom. The minimum atomic E-state index is 0.430. The second-order valence-corrected chi connectivity index (χ2v) is 5.95. The molecule has 0 bridgehead atoms. The highest BCUT2D eigenvalue weighted by Crippen LogP contribution is 2.31. The quantitative estimate of drug-likeness (QED) is 0.897. The Bertz CT molecular complexity index is 481. The zero-order valence-corrected chi connectivity index (χ0v) is 12.8. The van der Waals surface area contributed by atoms with Gasteiger partial charge in [-0.05, 0) is 24.7 Å². The molecule has 0 amide bonds. The van der Waals surface area contributed by atoms with Gasteiger partial charge in [-0.25, -0.2) is 0 Å². The highest BCUT2D eigenvalue weighted by atomic mass is 16.5. The minimum absolute atomic E-state index is 0.430. The van der Waals surface area contributed by atoms with E-state index in [1.54, 1.807) is 0 Å². The molecule has 1 atom stereocenters. The van der Waals surface area contributed by atoms with Crippen molar-refractivity contribution in [1.82, 2.24) is 9.80 Å². The van der Waals surface area contributed by atoms with Gasteiger partial charge in [0.15, 0.2) is 11.5 Å². The molecule has 0 aromatic heterocycles. The molecule has 2 heterocycles. The normalized spacial score (nSPS) is 23.8. The van der Waals surface area contributed by atoms with Crippen molar-refractivity contribution < 1.29 is 9.47 Å². The highest BCUT2D eigenvalue weighted by Gasteiger charge is 2.24. The number of benzene rings is 1. The third-order valence-corrected chi connectivity index (χ3v) is 4.28. The van der Waals surface area contributed by atoms with Crippen LogP contribution in [0.5, 0.6) is 11.5 Å². The number of likely N-dealkylation sites (N-methyl/N-ethyl adjacent to an activating group) is 1. The third kappa shape index (κ3) is 3.48. The molecule has 1 aromatic rings. The first-order valence-electron chi connectivity index (χ1n) is 7.77. The summed E-state index contributed by atoms with van der Waals surface area (Å²) in [5.74, 6) is 1.74. The second-order valence-electron chi connectivity index (χ2n) is 5.95. The van der Waals surface area contributed by atoms with E-state index in [-0.39, 0.29) is 0 Å². The fourth-order valence-electron chi connectivity index (χ4n) is 3.02. The minimum Gasteiger partial charge on any atom is -0.490 e. The molecule has 116 valence electrons. The Balaban J connectivity index is 1.71. The van der Waals surface area contributed by atoms with Gasteiger partial charge in [-0.3, -0.25) is 4.90 Å². The Morgan fingerprint density at radius 2 is 2.00 bits per heavy atom. The van der Waals surface area contributed by atoms with Gasteiger partial charge in [-0.2, -0.15) is 0 Å². The van der Waals surface area contributed by atoms with Crippen molar-refractivity contribution in [3.05, 3.63) is 23.8 Å².